The first-order valence-corrected chi connectivity index (χ1v) is 11.0. The van der Waals surface area contributed by atoms with E-state index in [0.29, 0.717) is 23.0 Å². The van der Waals surface area contributed by atoms with Gasteiger partial charge in [-0.05, 0) is 63.4 Å². The second kappa shape index (κ2) is 8.10. The Morgan fingerprint density at radius 2 is 2.04 bits per heavy atom. The molecule has 150 valence electrons. The first-order valence-electron chi connectivity index (χ1n) is 10.2. The Labute approximate surface area is 169 Å². The van der Waals surface area contributed by atoms with E-state index in [-0.39, 0.29) is 29.9 Å². The second-order valence-electron chi connectivity index (χ2n) is 8.21. The van der Waals surface area contributed by atoms with Crippen molar-refractivity contribution in [2.45, 2.75) is 64.1 Å². The summed E-state index contributed by atoms with van der Waals surface area (Å²) in [6.45, 7) is 2.63. The van der Waals surface area contributed by atoms with Crippen molar-refractivity contribution in [3.05, 3.63) is 16.0 Å². The molecule has 0 aliphatic heterocycles. The van der Waals surface area contributed by atoms with Gasteiger partial charge in [0.15, 0.2) is 6.19 Å². The normalized spacial score (nSPS) is 21.9. The van der Waals surface area contributed by atoms with E-state index in [1.165, 1.54) is 17.7 Å². The Bertz CT molecular complexity index is 806. The highest BCUT2D eigenvalue weighted by Crippen LogP contribution is 2.40. The molecule has 2 unspecified atom stereocenters. The number of hydrogen-bond acceptors (Lipinski definition) is 6. The number of carbonyl (C=O) groups excluding carboxylic acids is 2. The Morgan fingerprint density at radius 1 is 1.25 bits per heavy atom. The number of nitrogens with zero attached hydrogens (tertiary/aromatic N) is 1. The van der Waals surface area contributed by atoms with E-state index in [0.717, 1.165) is 37.7 Å². The van der Waals surface area contributed by atoms with Crippen LogP contribution in [0.1, 0.15) is 59.8 Å². The lowest BCUT2D eigenvalue weighted by molar-refractivity contribution is -0.117. The molecule has 8 heteroatoms. The van der Waals surface area contributed by atoms with Crippen LogP contribution in [-0.4, -0.2) is 30.6 Å². The number of nitriles is 1. The molecule has 4 N–H and O–H groups in total. The Morgan fingerprint density at radius 3 is 2.71 bits per heavy atom. The molecule has 1 heterocycles. The van der Waals surface area contributed by atoms with Gasteiger partial charge in [-0.15, -0.1) is 11.3 Å². The first kappa shape index (κ1) is 19.2. The Hall–Kier alpha value is -2.11. The largest absolute Gasteiger partial charge is 0.352 e. The number of anilines is 1. The van der Waals surface area contributed by atoms with Crippen molar-refractivity contribution in [3.8, 4) is 6.19 Å². The van der Waals surface area contributed by atoms with Crippen molar-refractivity contribution in [1.29, 1.82) is 5.26 Å². The summed E-state index contributed by atoms with van der Waals surface area (Å²) >= 11 is 1.56. The van der Waals surface area contributed by atoms with Gasteiger partial charge >= 0.3 is 0 Å². The van der Waals surface area contributed by atoms with Gasteiger partial charge in [-0.2, -0.15) is 5.26 Å². The average Bonchev–Trinajstić information content (AvgIpc) is 3.56. The highest BCUT2D eigenvalue weighted by atomic mass is 32.1. The maximum Gasteiger partial charge on any atom is 0.254 e. The summed E-state index contributed by atoms with van der Waals surface area (Å²) in [5.41, 5.74) is 1.71. The van der Waals surface area contributed by atoms with Gasteiger partial charge in [-0.25, -0.2) is 0 Å². The lowest BCUT2D eigenvalue weighted by Crippen LogP contribution is -2.46. The van der Waals surface area contributed by atoms with Crippen LogP contribution >= 0.6 is 11.3 Å². The van der Waals surface area contributed by atoms with Crippen molar-refractivity contribution >= 4 is 28.2 Å². The SMILES string of the molecule is CC(NC#N)NC1CCc2sc(NC(=O)C3CC3)c(C(=O)NCC3CC3)c2C1. The van der Waals surface area contributed by atoms with Gasteiger partial charge in [0.25, 0.3) is 5.91 Å². The molecule has 2 amide bonds. The minimum atomic E-state index is -0.114. The third-order valence-electron chi connectivity index (χ3n) is 5.69. The number of amides is 2. The molecule has 2 atom stereocenters. The maximum atomic E-state index is 13.0. The fourth-order valence-corrected chi connectivity index (χ4v) is 5.00. The predicted molar refractivity (Wildman–Crippen MR) is 108 cm³/mol. The standard InChI is InChI=1S/C20H27N5O2S/c1-11(23-10-21)24-14-6-7-16-15(8-14)17(19(27)22-9-12-2-3-12)20(28-16)25-18(26)13-4-5-13/h11-14,23-24H,2-9H2,1H3,(H,22,27)(H,25,26). The van der Waals surface area contributed by atoms with Crippen LogP contribution in [0.15, 0.2) is 0 Å². The summed E-state index contributed by atoms with van der Waals surface area (Å²) in [7, 11) is 0. The van der Waals surface area contributed by atoms with Crippen LogP contribution in [0.2, 0.25) is 0 Å². The van der Waals surface area contributed by atoms with E-state index < -0.39 is 0 Å². The molecule has 4 rings (SSSR count). The molecule has 0 aromatic carbocycles. The van der Waals surface area contributed by atoms with Crippen LogP contribution < -0.4 is 21.3 Å². The fraction of sp³-hybridized carbons (Fsp3) is 0.650. The van der Waals surface area contributed by atoms with Crippen molar-refractivity contribution in [2.24, 2.45) is 11.8 Å². The summed E-state index contributed by atoms with van der Waals surface area (Å²) in [6, 6.07) is 0.194. The number of fused-ring (bicyclic) bond motifs is 1. The van der Waals surface area contributed by atoms with Crippen LogP contribution in [0, 0.1) is 23.3 Å². The highest BCUT2D eigenvalue weighted by Gasteiger charge is 2.34. The molecule has 3 aliphatic rings. The fourth-order valence-electron chi connectivity index (χ4n) is 3.75. The van der Waals surface area contributed by atoms with E-state index in [9.17, 15) is 9.59 Å². The van der Waals surface area contributed by atoms with Crippen LogP contribution in [0.5, 0.6) is 0 Å². The molecule has 0 radical (unpaired) electrons. The molecule has 3 aliphatic carbocycles. The molecule has 7 nitrogen and oxygen atoms in total. The smallest absolute Gasteiger partial charge is 0.254 e. The van der Waals surface area contributed by atoms with Crippen LogP contribution in [0.25, 0.3) is 0 Å². The van der Waals surface area contributed by atoms with Gasteiger partial charge in [0, 0.05) is 23.4 Å². The summed E-state index contributed by atoms with van der Waals surface area (Å²) in [4.78, 5) is 26.5. The van der Waals surface area contributed by atoms with E-state index in [2.05, 4.69) is 21.3 Å². The predicted octanol–water partition coefficient (Wildman–Crippen LogP) is 2.10. The third kappa shape index (κ3) is 4.47. The molecule has 1 aromatic rings. The Balaban J connectivity index is 1.53. The molecule has 28 heavy (non-hydrogen) atoms. The number of hydrogen-bond donors (Lipinski definition) is 4. The minimum Gasteiger partial charge on any atom is -0.352 e. The van der Waals surface area contributed by atoms with Gasteiger partial charge < -0.3 is 16.0 Å². The van der Waals surface area contributed by atoms with Gasteiger partial charge in [0.1, 0.15) is 5.00 Å². The highest BCUT2D eigenvalue weighted by molar-refractivity contribution is 7.17. The van der Waals surface area contributed by atoms with E-state index in [4.69, 9.17) is 5.26 Å². The number of thiophene rings is 1. The number of nitrogens with one attached hydrogen (secondary N) is 4. The number of aryl methyl sites for hydroxylation is 1. The first-order chi connectivity index (χ1) is 13.5. The molecular formula is C20H27N5O2S. The third-order valence-corrected chi connectivity index (χ3v) is 6.90. The van der Waals surface area contributed by atoms with Crippen molar-refractivity contribution in [1.82, 2.24) is 16.0 Å². The molecule has 0 bridgehead atoms. The molecule has 2 fully saturated rings. The van der Waals surface area contributed by atoms with Crippen molar-refractivity contribution < 1.29 is 9.59 Å². The second-order valence-corrected chi connectivity index (χ2v) is 9.31. The zero-order chi connectivity index (χ0) is 19.7. The molecule has 1 aromatic heterocycles. The Kier molecular flexibility index (Phi) is 5.56. The summed E-state index contributed by atoms with van der Waals surface area (Å²) in [5, 5.41) is 21.7. The van der Waals surface area contributed by atoms with Crippen LogP contribution in [-0.2, 0) is 17.6 Å². The average molecular weight is 402 g/mol. The summed E-state index contributed by atoms with van der Waals surface area (Å²) < 4.78 is 0. The van der Waals surface area contributed by atoms with Gasteiger partial charge in [0.05, 0.1) is 11.7 Å². The lowest BCUT2D eigenvalue weighted by Gasteiger charge is -2.26. The number of rotatable bonds is 8. The van der Waals surface area contributed by atoms with Gasteiger partial charge in [-0.1, -0.05) is 0 Å². The van der Waals surface area contributed by atoms with Crippen molar-refractivity contribution in [3.63, 3.8) is 0 Å². The molecule has 0 spiro atoms. The van der Waals surface area contributed by atoms with Crippen molar-refractivity contribution in [2.75, 3.05) is 11.9 Å². The quantitative estimate of drug-likeness (QED) is 0.303. The van der Waals surface area contributed by atoms with Crippen LogP contribution in [0.3, 0.4) is 0 Å². The molecule has 2 saturated carbocycles. The zero-order valence-corrected chi connectivity index (χ0v) is 17.0. The minimum absolute atomic E-state index is 0.0383. The van der Waals surface area contributed by atoms with Gasteiger partial charge in [-0.3, -0.25) is 14.9 Å². The van der Waals surface area contributed by atoms with Gasteiger partial charge in [0.2, 0.25) is 5.91 Å². The summed E-state index contributed by atoms with van der Waals surface area (Å²) in [5.74, 6) is 0.680. The molecule has 0 saturated heterocycles. The monoisotopic (exact) mass is 401 g/mol. The van der Waals surface area contributed by atoms with E-state index in [1.54, 1.807) is 11.3 Å². The number of carbonyl (C=O) groups is 2. The maximum absolute atomic E-state index is 13.0. The van der Waals surface area contributed by atoms with E-state index >= 15 is 0 Å². The summed E-state index contributed by atoms with van der Waals surface area (Å²) in [6.07, 6.45) is 8.65. The van der Waals surface area contributed by atoms with Crippen LogP contribution in [0.4, 0.5) is 5.00 Å². The molecular weight excluding hydrogens is 374 g/mol. The van der Waals surface area contributed by atoms with E-state index in [1.807, 2.05) is 13.1 Å². The topological polar surface area (TPSA) is 106 Å². The zero-order valence-electron chi connectivity index (χ0n) is 16.1. The lowest BCUT2D eigenvalue weighted by atomic mass is 9.91.